The molecule has 0 saturated carbocycles. The van der Waals surface area contributed by atoms with E-state index in [9.17, 15) is 4.79 Å². The van der Waals surface area contributed by atoms with Crippen LogP contribution in [0.15, 0.2) is 11.3 Å². The summed E-state index contributed by atoms with van der Waals surface area (Å²) in [6, 6.07) is 0. The van der Waals surface area contributed by atoms with Crippen molar-refractivity contribution in [3.05, 3.63) is 11.3 Å². The van der Waals surface area contributed by atoms with E-state index in [0.717, 1.165) is 0 Å². The number of carboxylic acid groups (broad SMARTS) is 1. The van der Waals surface area contributed by atoms with Crippen LogP contribution in [0.2, 0.25) is 0 Å². The quantitative estimate of drug-likeness (QED) is 0.406. The van der Waals surface area contributed by atoms with Crippen LogP contribution >= 0.6 is 0 Å². The van der Waals surface area contributed by atoms with Gasteiger partial charge in [0.1, 0.15) is 5.57 Å². The van der Waals surface area contributed by atoms with Crippen molar-refractivity contribution in [3.63, 3.8) is 0 Å². The van der Waals surface area contributed by atoms with E-state index < -0.39 is 5.97 Å². The Balaban J connectivity index is 4.73. The van der Waals surface area contributed by atoms with Gasteiger partial charge in [0, 0.05) is 5.70 Å². The van der Waals surface area contributed by atoms with E-state index in [4.69, 9.17) is 10.8 Å². The second kappa shape index (κ2) is 3.57. The van der Waals surface area contributed by atoms with Gasteiger partial charge in [0.25, 0.3) is 0 Å². The summed E-state index contributed by atoms with van der Waals surface area (Å²) in [5, 5.41) is 8.43. The molecule has 0 aromatic carbocycles. The molecule has 3 nitrogen and oxygen atoms in total. The average Bonchev–Trinajstić information content (AvgIpc) is 1.81. The fourth-order valence-corrected chi connectivity index (χ4v) is 0.446. The molecule has 0 unspecified atom stereocenters. The Morgan fingerprint density at radius 2 is 2.10 bits per heavy atom. The summed E-state index contributed by atoms with van der Waals surface area (Å²) < 4.78 is 0. The smallest absolute Gasteiger partial charge is 0.346 e. The maximum atomic E-state index is 10.3. The Kier molecular flexibility index (Phi) is 3.06. The van der Waals surface area contributed by atoms with Gasteiger partial charge in [-0.3, -0.25) is 0 Å². The molecule has 0 aliphatic heterocycles. The summed E-state index contributed by atoms with van der Waals surface area (Å²) in [4.78, 5) is 10.3. The number of nitrogens with two attached hydrogens (primary N) is 1. The summed E-state index contributed by atoms with van der Waals surface area (Å²) in [7, 11) is 0. The standard InChI is InChI=1S/C7H9NO2/c1-3-4-6(5(2)8)7(9)10/h8H2,1-2H3,(H,9,10)/b6-5-. The zero-order valence-corrected chi connectivity index (χ0v) is 5.93. The maximum absolute atomic E-state index is 10.3. The number of aliphatic carboxylic acids is 1. The van der Waals surface area contributed by atoms with E-state index in [1.807, 2.05) is 0 Å². The molecule has 0 fully saturated rings. The first-order valence-electron chi connectivity index (χ1n) is 2.72. The molecule has 0 rings (SSSR count). The lowest BCUT2D eigenvalue weighted by atomic mass is 10.2. The zero-order chi connectivity index (χ0) is 8.15. The number of carboxylic acids is 1. The first-order chi connectivity index (χ1) is 4.59. The van der Waals surface area contributed by atoms with Crippen LogP contribution in [-0.2, 0) is 4.79 Å². The van der Waals surface area contributed by atoms with E-state index in [0.29, 0.717) is 0 Å². The van der Waals surface area contributed by atoms with Gasteiger partial charge in [-0.1, -0.05) is 5.92 Å². The van der Waals surface area contributed by atoms with Crippen LogP contribution in [0.5, 0.6) is 0 Å². The number of hydrogen-bond donors (Lipinski definition) is 2. The molecule has 0 saturated heterocycles. The van der Waals surface area contributed by atoms with Gasteiger partial charge in [-0.25, -0.2) is 4.79 Å². The summed E-state index contributed by atoms with van der Waals surface area (Å²) in [5.41, 5.74) is 5.43. The topological polar surface area (TPSA) is 63.3 Å². The molecule has 0 radical (unpaired) electrons. The van der Waals surface area contributed by atoms with E-state index in [2.05, 4.69) is 11.8 Å². The molecule has 10 heavy (non-hydrogen) atoms. The Hall–Kier alpha value is -1.43. The van der Waals surface area contributed by atoms with Gasteiger partial charge in [-0.2, -0.15) is 0 Å². The molecule has 54 valence electrons. The predicted molar refractivity (Wildman–Crippen MR) is 38.0 cm³/mol. The van der Waals surface area contributed by atoms with Crippen molar-refractivity contribution in [1.82, 2.24) is 0 Å². The number of hydrogen-bond acceptors (Lipinski definition) is 2. The minimum atomic E-state index is -1.07. The molecule has 0 atom stereocenters. The predicted octanol–water partition coefficient (Wildman–Crippen LogP) is 0.327. The van der Waals surface area contributed by atoms with E-state index in [-0.39, 0.29) is 11.3 Å². The molecule has 0 spiro atoms. The second-order valence-corrected chi connectivity index (χ2v) is 1.74. The highest BCUT2D eigenvalue weighted by atomic mass is 16.4. The van der Waals surface area contributed by atoms with Gasteiger partial charge in [0.05, 0.1) is 0 Å². The van der Waals surface area contributed by atoms with Gasteiger partial charge in [-0.05, 0) is 13.8 Å². The van der Waals surface area contributed by atoms with E-state index in [1.165, 1.54) is 6.92 Å². The van der Waals surface area contributed by atoms with E-state index in [1.54, 1.807) is 6.92 Å². The van der Waals surface area contributed by atoms with Crippen LogP contribution in [0.3, 0.4) is 0 Å². The monoisotopic (exact) mass is 139 g/mol. The van der Waals surface area contributed by atoms with Gasteiger partial charge < -0.3 is 10.8 Å². The number of allylic oxidation sites excluding steroid dienone is 1. The highest BCUT2D eigenvalue weighted by Gasteiger charge is 2.04. The Morgan fingerprint density at radius 1 is 1.60 bits per heavy atom. The Bertz CT molecular complexity index is 226. The average molecular weight is 139 g/mol. The van der Waals surface area contributed by atoms with Gasteiger partial charge in [0.15, 0.2) is 0 Å². The Morgan fingerprint density at radius 3 is 2.20 bits per heavy atom. The van der Waals surface area contributed by atoms with Crippen molar-refractivity contribution in [3.8, 4) is 11.8 Å². The van der Waals surface area contributed by atoms with Crippen molar-refractivity contribution in [2.75, 3.05) is 0 Å². The molecule has 3 heteroatoms. The minimum absolute atomic E-state index is 0.0255. The third-order valence-corrected chi connectivity index (χ3v) is 0.858. The van der Waals surface area contributed by atoms with Crippen molar-refractivity contribution >= 4 is 5.97 Å². The molecule has 0 heterocycles. The molecule has 0 bridgehead atoms. The second-order valence-electron chi connectivity index (χ2n) is 1.74. The van der Waals surface area contributed by atoms with Crippen LogP contribution in [0, 0.1) is 11.8 Å². The molecule has 3 N–H and O–H groups in total. The van der Waals surface area contributed by atoms with Crippen LogP contribution in [0.4, 0.5) is 0 Å². The number of rotatable bonds is 1. The lowest BCUT2D eigenvalue weighted by Gasteiger charge is -1.92. The van der Waals surface area contributed by atoms with Crippen molar-refractivity contribution in [2.45, 2.75) is 13.8 Å². The van der Waals surface area contributed by atoms with Crippen LogP contribution in [0.25, 0.3) is 0 Å². The normalized spacial score (nSPS) is 11.0. The van der Waals surface area contributed by atoms with Crippen LogP contribution in [-0.4, -0.2) is 11.1 Å². The molecule has 0 aromatic heterocycles. The molecular weight excluding hydrogens is 130 g/mol. The SMILES string of the molecule is CC#C/C(C(=O)O)=C(\C)N. The Labute approximate surface area is 59.5 Å². The third-order valence-electron chi connectivity index (χ3n) is 0.858. The number of carbonyl (C=O) groups is 1. The molecule has 0 amide bonds. The van der Waals surface area contributed by atoms with Gasteiger partial charge >= 0.3 is 5.97 Å². The lowest BCUT2D eigenvalue weighted by Crippen LogP contribution is -2.06. The third kappa shape index (κ3) is 2.23. The van der Waals surface area contributed by atoms with Crippen molar-refractivity contribution < 1.29 is 9.90 Å². The lowest BCUT2D eigenvalue weighted by molar-refractivity contribution is -0.132. The van der Waals surface area contributed by atoms with Crippen LogP contribution in [0.1, 0.15) is 13.8 Å². The fourth-order valence-electron chi connectivity index (χ4n) is 0.446. The molecule has 0 aliphatic carbocycles. The van der Waals surface area contributed by atoms with Crippen molar-refractivity contribution in [1.29, 1.82) is 0 Å². The van der Waals surface area contributed by atoms with E-state index >= 15 is 0 Å². The first-order valence-corrected chi connectivity index (χ1v) is 2.72. The van der Waals surface area contributed by atoms with Crippen molar-refractivity contribution in [2.24, 2.45) is 5.73 Å². The molecule has 0 aromatic rings. The van der Waals surface area contributed by atoms with Crippen LogP contribution < -0.4 is 5.73 Å². The first kappa shape index (κ1) is 8.57. The largest absolute Gasteiger partial charge is 0.477 e. The summed E-state index contributed by atoms with van der Waals surface area (Å²) in [5.74, 6) is 3.77. The summed E-state index contributed by atoms with van der Waals surface area (Å²) in [6.45, 7) is 3.07. The minimum Gasteiger partial charge on any atom is -0.477 e. The fraction of sp³-hybridized carbons (Fsp3) is 0.286. The zero-order valence-electron chi connectivity index (χ0n) is 5.93. The highest BCUT2D eigenvalue weighted by Crippen LogP contribution is 1.95. The molecule has 0 aliphatic rings. The maximum Gasteiger partial charge on any atom is 0.346 e. The highest BCUT2D eigenvalue weighted by molar-refractivity contribution is 5.92. The van der Waals surface area contributed by atoms with Gasteiger partial charge in [-0.15, -0.1) is 5.92 Å². The molecular formula is C7H9NO2. The summed E-state index contributed by atoms with van der Waals surface area (Å²) >= 11 is 0. The summed E-state index contributed by atoms with van der Waals surface area (Å²) in [6.07, 6.45) is 0. The van der Waals surface area contributed by atoms with Gasteiger partial charge in [0.2, 0.25) is 0 Å².